The fraction of sp³-hybridized carbons (Fsp3) is 0.750. The van der Waals surface area contributed by atoms with E-state index in [1.54, 1.807) is 25.7 Å². The van der Waals surface area contributed by atoms with E-state index in [9.17, 15) is 21.9 Å². The molecule has 1 aromatic rings. The summed E-state index contributed by atoms with van der Waals surface area (Å²) in [5.41, 5.74) is -0.567. The van der Waals surface area contributed by atoms with E-state index in [1.807, 2.05) is 0 Å². The summed E-state index contributed by atoms with van der Waals surface area (Å²) >= 11 is 0. The van der Waals surface area contributed by atoms with Gasteiger partial charge in [0.25, 0.3) is 0 Å². The lowest BCUT2D eigenvalue weighted by atomic mass is 9.97. The molecule has 2 amide bonds. The number of piperidine rings is 1. The number of ether oxygens (including phenoxy) is 1. The number of anilines is 1. The van der Waals surface area contributed by atoms with Gasteiger partial charge in [-0.15, -0.1) is 8.98 Å². The van der Waals surface area contributed by atoms with E-state index in [0.29, 0.717) is 31.8 Å². The van der Waals surface area contributed by atoms with Crippen molar-refractivity contribution in [2.75, 3.05) is 24.5 Å². The van der Waals surface area contributed by atoms with Crippen molar-refractivity contribution in [1.82, 2.24) is 15.1 Å². The molecule has 3 heterocycles. The van der Waals surface area contributed by atoms with Crippen molar-refractivity contribution in [2.45, 2.75) is 56.8 Å². The molecule has 0 N–H and O–H groups in total. The van der Waals surface area contributed by atoms with Gasteiger partial charge in [0.2, 0.25) is 11.8 Å². The monoisotopic (exact) mass is 418 g/mol. The van der Waals surface area contributed by atoms with E-state index >= 15 is 0 Å². The van der Waals surface area contributed by atoms with Crippen molar-refractivity contribution >= 4 is 28.2 Å². The minimum Gasteiger partial charge on any atom is -0.444 e. The van der Waals surface area contributed by atoms with Crippen molar-refractivity contribution in [3.05, 3.63) is 5.89 Å². The zero-order chi connectivity index (χ0) is 20.7. The first-order valence-electron chi connectivity index (χ1n) is 8.99. The largest absolute Gasteiger partial charge is 0.444 e. The van der Waals surface area contributed by atoms with Crippen LogP contribution in [-0.2, 0) is 19.8 Å². The zero-order valence-electron chi connectivity index (χ0n) is 15.9. The zero-order valence-corrected chi connectivity index (χ0v) is 16.7. The van der Waals surface area contributed by atoms with Crippen LogP contribution in [-0.4, -0.2) is 66.0 Å². The Kier molecular flexibility index (Phi) is 5.34. The normalized spacial score (nSPS) is 22.0. The van der Waals surface area contributed by atoms with Crippen molar-refractivity contribution < 1.29 is 31.0 Å². The molecule has 0 radical (unpaired) electrons. The van der Waals surface area contributed by atoms with Crippen LogP contribution >= 0.6 is 0 Å². The van der Waals surface area contributed by atoms with Crippen LogP contribution in [0.4, 0.5) is 14.7 Å². The summed E-state index contributed by atoms with van der Waals surface area (Å²) in [5, 5.41) is 6.33. The van der Waals surface area contributed by atoms with Crippen LogP contribution in [0.3, 0.4) is 0 Å². The molecule has 1 atom stereocenters. The lowest BCUT2D eigenvalue weighted by molar-refractivity contribution is -0.117. The standard InChI is InChI=1S/C16H23FN4O6S/c1-16(2,3)27-15(23)20-6-4-10(5-7-20)13-18-19-14(26-13)21-9-11(8-12(21)22)28(17,24)25/h10-11H,4-9H2,1-3H3. The number of nitrogens with zero attached hydrogens (tertiary/aromatic N) is 4. The summed E-state index contributed by atoms with van der Waals surface area (Å²) in [6.07, 6.45) is 0.329. The Morgan fingerprint density at radius 1 is 1.25 bits per heavy atom. The highest BCUT2D eigenvalue weighted by molar-refractivity contribution is 7.87. The van der Waals surface area contributed by atoms with Crippen LogP contribution in [0, 0.1) is 0 Å². The van der Waals surface area contributed by atoms with E-state index in [1.165, 1.54) is 0 Å². The second kappa shape index (κ2) is 7.30. The molecule has 0 aliphatic carbocycles. The summed E-state index contributed by atoms with van der Waals surface area (Å²) in [6, 6.07) is -0.138. The van der Waals surface area contributed by atoms with Crippen LogP contribution in [0.5, 0.6) is 0 Å². The maximum absolute atomic E-state index is 13.1. The van der Waals surface area contributed by atoms with Crippen LogP contribution in [0.1, 0.15) is 51.8 Å². The lowest BCUT2D eigenvalue weighted by Gasteiger charge is -2.32. The Labute approximate surface area is 162 Å². The molecule has 1 aromatic heterocycles. The SMILES string of the molecule is CC(C)(C)OC(=O)N1CCC(c2nnc(N3CC(S(=O)(=O)F)CC3=O)o2)CC1. The molecule has 0 aromatic carbocycles. The molecule has 2 saturated heterocycles. The number of hydrogen-bond acceptors (Lipinski definition) is 8. The molecule has 3 rings (SSSR count). The van der Waals surface area contributed by atoms with Gasteiger partial charge in [-0.25, -0.2) is 4.79 Å². The number of aromatic nitrogens is 2. The number of carbonyl (C=O) groups is 2. The van der Waals surface area contributed by atoms with Gasteiger partial charge in [0.1, 0.15) is 10.9 Å². The Morgan fingerprint density at radius 2 is 1.89 bits per heavy atom. The molecule has 2 fully saturated rings. The molecule has 1 unspecified atom stereocenters. The average Bonchev–Trinajstić information content (AvgIpc) is 3.19. The van der Waals surface area contributed by atoms with Gasteiger partial charge in [0, 0.05) is 25.4 Å². The molecule has 0 spiro atoms. The number of rotatable bonds is 3. The van der Waals surface area contributed by atoms with E-state index in [4.69, 9.17) is 9.15 Å². The topological polar surface area (TPSA) is 123 Å². The van der Waals surface area contributed by atoms with Gasteiger partial charge in [-0.2, -0.15) is 8.42 Å². The summed E-state index contributed by atoms with van der Waals surface area (Å²) in [7, 11) is -4.82. The molecular formula is C16H23FN4O6S. The summed E-state index contributed by atoms with van der Waals surface area (Å²) in [5.74, 6) is -0.377. The summed E-state index contributed by atoms with van der Waals surface area (Å²) in [6.45, 7) is 5.97. The van der Waals surface area contributed by atoms with Gasteiger partial charge in [0.05, 0.1) is 6.54 Å². The van der Waals surface area contributed by atoms with Gasteiger partial charge in [-0.05, 0) is 33.6 Å². The fourth-order valence-electron chi connectivity index (χ4n) is 3.18. The highest BCUT2D eigenvalue weighted by Crippen LogP contribution is 2.31. The summed E-state index contributed by atoms with van der Waals surface area (Å²) < 4.78 is 46.1. The van der Waals surface area contributed by atoms with E-state index in [0.717, 1.165) is 4.90 Å². The van der Waals surface area contributed by atoms with Crippen LogP contribution in [0.25, 0.3) is 0 Å². The number of hydrogen-bond donors (Lipinski definition) is 0. The Morgan fingerprint density at radius 3 is 2.43 bits per heavy atom. The third-order valence-electron chi connectivity index (χ3n) is 4.64. The highest BCUT2D eigenvalue weighted by atomic mass is 32.3. The van der Waals surface area contributed by atoms with Gasteiger partial charge in [-0.3, -0.25) is 9.69 Å². The first-order valence-corrected chi connectivity index (χ1v) is 10.4. The molecule has 10 nitrogen and oxygen atoms in total. The minimum atomic E-state index is -4.82. The van der Waals surface area contributed by atoms with E-state index in [2.05, 4.69) is 10.2 Å². The third-order valence-corrected chi connectivity index (χ3v) is 5.76. The van der Waals surface area contributed by atoms with Crippen molar-refractivity contribution in [2.24, 2.45) is 0 Å². The van der Waals surface area contributed by atoms with Crippen molar-refractivity contribution in [3.63, 3.8) is 0 Å². The molecule has 2 aliphatic rings. The second-order valence-corrected chi connectivity index (χ2v) is 9.59. The molecule has 2 aliphatic heterocycles. The molecular weight excluding hydrogens is 395 g/mol. The lowest BCUT2D eigenvalue weighted by Crippen LogP contribution is -2.41. The Hall–Kier alpha value is -2.24. The smallest absolute Gasteiger partial charge is 0.410 e. The van der Waals surface area contributed by atoms with Gasteiger partial charge < -0.3 is 14.1 Å². The van der Waals surface area contributed by atoms with Crippen molar-refractivity contribution in [3.8, 4) is 0 Å². The van der Waals surface area contributed by atoms with E-state index in [-0.39, 0.29) is 24.6 Å². The minimum absolute atomic E-state index is 0.0988. The van der Waals surface area contributed by atoms with Crippen LogP contribution in [0.15, 0.2) is 4.42 Å². The van der Waals surface area contributed by atoms with Crippen LogP contribution in [0.2, 0.25) is 0 Å². The predicted molar refractivity (Wildman–Crippen MR) is 94.9 cm³/mol. The van der Waals surface area contributed by atoms with E-state index < -0.39 is 33.4 Å². The number of likely N-dealkylation sites (tertiary alicyclic amines) is 1. The predicted octanol–water partition coefficient (Wildman–Crippen LogP) is 1.59. The Balaban J connectivity index is 1.60. The molecule has 28 heavy (non-hydrogen) atoms. The van der Waals surface area contributed by atoms with Crippen molar-refractivity contribution in [1.29, 1.82) is 0 Å². The Bertz CT molecular complexity index is 857. The number of halogens is 1. The molecule has 12 heteroatoms. The highest BCUT2D eigenvalue weighted by Gasteiger charge is 2.41. The average molecular weight is 418 g/mol. The van der Waals surface area contributed by atoms with Gasteiger partial charge in [-0.1, -0.05) is 5.10 Å². The first-order chi connectivity index (χ1) is 12.9. The fourth-order valence-corrected chi connectivity index (χ4v) is 3.85. The first kappa shape index (κ1) is 20.5. The quantitative estimate of drug-likeness (QED) is 0.678. The maximum atomic E-state index is 13.1. The second-order valence-electron chi connectivity index (χ2n) is 7.97. The molecule has 156 valence electrons. The third kappa shape index (κ3) is 4.59. The molecule has 0 bridgehead atoms. The van der Waals surface area contributed by atoms with Crippen LogP contribution < -0.4 is 4.90 Å². The summed E-state index contributed by atoms with van der Waals surface area (Å²) in [4.78, 5) is 26.7. The maximum Gasteiger partial charge on any atom is 0.410 e. The number of carbonyl (C=O) groups excluding carboxylic acids is 2. The molecule has 0 saturated carbocycles. The van der Waals surface area contributed by atoms with Gasteiger partial charge in [0.15, 0.2) is 0 Å². The van der Waals surface area contributed by atoms with Gasteiger partial charge >= 0.3 is 22.3 Å². The number of amides is 2.